The maximum absolute atomic E-state index is 13.3. The van der Waals surface area contributed by atoms with Gasteiger partial charge >= 0.3 is 0 Å². The first-order chi connectivity index (χ1) is 16.5. The molecule has 3 heterocycles. The summed E-state index contributed by atoms with van der Waals surface area (Å²) in [4.78, 5) is 49.1. The van der Waals surface area contributed by atoms with Crippen LogP contribution in [0.25, 0.3) is 11.0 Å². The van der Waals surface area contributed by atoms with Gasteiger partial charge in [-0.15, -0.1) is 0 Å². The number of pyridine rings is 1. The van der Waals surface area contributed by atoms with E-state index in [-0.39, 0.29) is 23.1 Å². The average Bonchev–Trinajstić information content (AvgIpc) is 3.06. The fourth-order valence-electron chi connectivity index (χ4n) is 4.33. The number of hydrogen-bond acceptors (Lipinski definition) is 4. The van der Waals surface area contributed by atoms with E-state index in [0.29, 0.717) is 26.1 Å². The summed E-state index contributed by atoms with van der Waals surface area (Å²) in [6, 6.07) is 7.80. The normalized spacial score (nSPS) is 15.2. The molecule has 0 radical (unpaired) electrons. The largest absolute Gasteiger partial charge is 0.351 e. The topological polar surface area (TPSA) is 100 Å². The third-order valence-corrected chi connectivity index (χ3v) is 6.60. The molecule has 1 aliphatic heterocycles. The number of likely N-dealkylation sites (tertiary alicyclic amines) is 1. The summed E-state index contributed by atoms with van der Waals surface area (Å²) in [7, 11) is 0. The summed E-state index contributed by atoms with van der Waals surface area (Å²) < 4.78 is 1.82. The Hall–Kier alpha value is -3.42. The Balaban J connectivity index is 1.54. The molecule has 180 valence electrons. The number of H-pyrrole nitrogens is 1. The van der Waals surface area contributed by atoms with Crippen LogP contribution in [0.3, 0.4) is 0 Å². The molecule has 0 aliphatic carbocycles. The van der Waals surface area contributed by atoms with Crippen LogP contribution in [-0.2, 0) is 6.42 Å². The lowest BCUT2D eigenvalue weighted by molar-refractivity contribution is 0.0759. The van der Waals surface area contributed by atoms with Crippen LogP contribution in [0, 0.1) is 0 Å². The van der Waals surface area contributed by atoms with Gasteiger partial charge in [-0.05, 0) is 38.3 Å². The fraction of sp³-hybridized carbons (Fsp3) is 0.462. The maximum Gasteiger partial charge on any atom is 0.259 e. The van der Waals surface area contributed by atoms with Gasteiger partial charge in [0.25, 0.3) is 11.8 Å². The maximum atomic E-state index is 13.3. The number of aromatic nitrogens is 3. The summed E-state index contributed by atoms with van der Waals surface area (Å²) in [6.45, 7) is 5.66. The van der Waals surface area contributed by atoms with Gasteiger partial charge in [0.15, 0.2) is 0 Å². The smallest absolute Gasteiger partial charge is 0.259 e. The van der Waals surface area contributed by atoms with Crippen molar-refractivity contribution in [3.05, 3.63) is 63.8 Å². The van der Waals surface area contributed by atoms with Crippen molar-refractivity contribution < 1.29 is 9.59 Å². The number of rotatable bonds is 7. The van der Waals surface area contributed by atoms with Crippen LogP contribution in [0.1, 0.15) is 78.5 Å². The van der Waals surface area contributed by atoms with Gasteiger partial charge in [-0.25, -0.2) is 4.98 Å². The molecule has 0 spiro atoms. The van der Waals surface area contributed by atoms with Gasteiger partial charge in [-0.2, -0.15) is 0 Å². The van der Waals surface area contributed by atoms with E-state index in [2.05, 4.69) is 15.3 Å². The molecule has 34 heavy (non-hydrogen) atoms. The summed E-state index contributed by atoms with van der Waals surface area (Å²) in [5.41, 5.74) is 1.40. The Morgan fingerprint density at radius 3 is 2.50 bits per heavy atom. The minimum atomic E-state index is -0.505. The highest BCUT2D eigenvalue weighted by Gasteiger charge is 2.24. The minimum Gasteiger partial charge on any atom is -0.351 e. The molecule has 1 aliphatic rings. The number of nitrogens with one attached hydrogen (secondary N) is 2. The second-order valence-electron chi connectivity index (χ2n) is 9.03. The van der Waals surface area contributed by atoms with Crippen molar-refractivity contribution in [2.24, 2.45) is 0 Å². The molecule has 0 unspecified atom stereocenters. The second kappa shape index (κ2) is 10.7. The number of carbonyl (C=O) groups excluding carboxylic acids is 2. The van der Waals surface area contributed by atoms with Crippen molar-refractivity contribution in [3.8, 4) is 0 Å². The zero-order chi connectivity index (χ0) is 24.1. The molecule has 2 amide bonds. The van der Waals surface area contributed by atoms with Crippen molar-refractivity contribution >= 4 is 22.8 Å². The third kappa shape index (κ3) is 5.21. The summed E-state index contributed by atoms with van der Waals surface area (Å²) in [5.74, 6) is 0.0215. The van der Waals surface area contributed by atoms with E-state index in [9.17, 15) is 14.4 Å². The van der Waals surface area contributed by atoms with E-state index in [1.807, 2.05) is 42.7 Å². The minimum absolute atomic E-state index is 0.00516. The first-order valence-corrected chi connectivity index (χ1v) is 12.2. The highest BCUT2D eigenvalue weighted by atomic mass is 16.2. The second-order valence-corrected chi connectivity index (χ2v) is 9.03. The molecule has 2 aromatic heterocycles. The number of amides is 2. The standard InChI is InChI=1S/C26H33N5O3/c1-3-18(2)31-16-19(24(32)20(17-31)26(34)30-14-8-4-5-9-15-30)25(33)27-13-12-23-28-21-10-6-7-11-22(21)29-23/h6-7,10-11,16-18H,3-5,8-9,12-15H2,1-2H3,(H,27,33)(H,28,29)/t18-/m1/s1. The van der Waals surface area contributed by atoms with E-state index in [0.717, 1.165) is 49.0 Å². The lowest BCUT2D eigenvalue weighted by Gasteiger charge is -2.22. The number of nitrogens with zero attached hydrogens (tertiary/aromatic N) is 3. The Labute approximate surface area is 199 Å². The molecule has 0 saturated carbocycles. The molecule has 1 fully saturated rings. The molecule has 2 N–H and O–H groups in total. The summed E-state index contributed by atoms with van der Waals surface area (Å²) in [5, 5.41) is 2.84. The highest BCUT2D eigenvalue weighted by molar-refractivity contribution is 5.99. The Morgan fingerprint density at radius 2 is 1.79 bits per heavy atom. The quantitative estimate of drug-likeness (QED) is 0.558. The van der Waals surface area contributed by atoms with E-state index in [1.165, 1.54) is 0 Å². The molecule has 1 atom stereocenters. The van der Waals surface area contributed by atoms with E-state index >= 15 is 0 Å². The van der Waals surface area contributed by atoms with E-state index in [1.54, 1.807) is 17.3 Å². The molecule has 1 aromatic carbocycles. The molecular weight excluding hydrogens is 430 g/mol. The lowest BCUT2D eigenvalue weighted by atomic mass is 10.1. The zero-order valence-corrected chi connectivity index (χ0v) is 20.0. The van der Waals surface area contributed by atoms with Crippen LogP contribution >= 0.6 is 0 Å². The Bertz CT molecular complexity index is 1190. The first kappa shape index (κ1) is 23.7. The van der Waals surface area contributed by atoms with Gasteiger partial charge in [-0.3, -0.25) is 14.4 Å². The van der Waals surface area contributed by atoms with Crippen molar-refractivity contribution in [2.75, 3.05) is 19.6 Å². The van der Waals surface area contributed by atoms with Crippen molar-refractivity contribution in [3.63, 3.8) is 0 Å². The Morgan fingerprint density at radius 1 is 1.09 bits per heavy atom. The van der Waals surface area contributed by atoms with Gasteiger partial charge in [0.1, 0.15) is 17.0 Å². The van der Waals surface area contributed by atoms with E-state index in [4.69, 9.17) is 0 Å². The first-order valence-electron chi connectivity index (χ1n) is 12.2. The number of para-hydroxylation sites is 2. The third-order valence-electron chi connectivity index (χ3n) is 6.60. The number of hydrogen-bond donors (Lipinski definition) is 2. The van der Waals surface area contributed by atoms with Crippen molar-refractivity contribution in [1.29, 1.82) is 0 Å². The number of fused-ring (bicyclic) bond motifs is 1. The van der Waals surface area contributed by atoms with E-state index < -0.39 is 11.3 Å². The van der Waals surface area contributed by atoms with Gasteiger partial charge in [0.2, 0.25) is 5.43 Å². The van der Waals surface area contributed by atoms with Gasteiger partial charge < -0.3 is 19.8 Å². The lowest BCUT2D eigenvalue weighted by Crippen LogP contribution is -2.38. The van der Waals surface area contributed by atoms with Crippen LogP contribution in [0.15, 0.2) is 41.5 Å². The molecule has 1 saturated heterocycles. The predicted molar refractivity (Wildman–Crippen MR) is 132 cm³/mol. The van der Waals surface area contributed by atoms with Gasteiger partial charge in [0, 0.05) is 44.5 Å². The molecule has 8 heteroatoms. The molecular formula is C26H33N5O3. The molecule has 0 bridgehead atoms. The van der Waals surface area contributed by atoms with Crippen LogP contribution in [0.4, 0.5) is 0 Å². The van der Waals surface area contributed by atoms with Crippen molar-refractivity contribution in [2.45, 2.75) is 58.4 Å². The van der Waals surface area contributed by atoms with Gasteiger partial charge in [0.05, 0.1) is 11.0 Å². The number of benzene rings is 1. The predicted octanol–water partition coefficient (Wildman–Crippen LogP) is 3.68. The number of imidazole rings is 1. The van der Waals surface area contributed by atoms with Crippen LogP contribution in [0.5, 0.6) is 0 Å². The van der Waals surface area contributed by atoms with Crippen LogP contribution < -0.4 is 10.7 Å². The van der Waals surface area contributed by atoms with Crippen LogP contribution in [0.2, 0.25) is 0 Å². The highest BCUT2D eigenvalue weighted by Crippen LogP contribution is 2.16. The SMILES string of the molecule is CC[C@@H](C)n1cc(C(=O)NCCc2nc3ccccc3[nH]2)c(=O)c(C(=O)N2CCCCCC2)c1. The fourth-order valence-corrected chi connectivity index (χ4v) is 4.33. The average molecular weight is 464 g/mol. The number of aromatic amines is 1. The molecule has 4 rings (SSSR count). The molecule has 8 nitrogen and oxygen atoms in total. The summed E-state index contributed by atoms with van der Waals surface area (Å²) >= 11 is 0. The van der Waals surface area contributed by atoms with Crippen LogP contribution in [-0.4, -0.2) is 50.9 Å². The monoisotopic (exact) mass is 463 g/mol. The number of carbonyl (C=O) groups is 2. The van der Waals surface area contributed by atoms with Gasteiger partial charge in [-0.1, -0.05) is 31.9 Å². The summed E-state index contributed by atoms with van der Waals surface area (Å²) in [6.07, 6.45) is 8.57. The Kier molecular flexibility index (Phi) is 7.45. The molecule has 3 aromatic rings. The zero-order valence-electron chi connectivity index (χ0n) is 20.0. The van der Waals surface area contributed by atoms with Crippen molar-refractivity contribution in [1.82, 2.24) is 24.8 Å².